The van der Waals surface area contributed by atoms with Gasteiger partial charge in [0.25, 0.3) is 10.0 Å². The van der Waals surface area contributed by atoms with Gasteiger partial charge in [-0.05, 0) is 30.3 Å². The highest BCUT2D eigenvalue weighted by Crippen LogP contribution is 2.35. The van der Waals surface area contributed by atoms with E-state index in [-0.39, 0.29) is 21.9 Å². The van der Waals surface area contributed by atoms with Gasteiger partial charge in [-0.25, -0.2) is 13.2 Å². The smallest absolute Gasteiger partial charge is 0.335 e. The summed E-state index contributed by atoms with van der Waals surface area (Å²) in [6.07, 6.45) is 0. The van der Waals surface area contributed by atoms with Crippen LogP contribution in [0.4, 0.5) is 11.4 Å². The number of anilines is 2. The standard InChI is InChI=1S/C16H17ClN2O5S/c1-19(2)15-11(17)5-4-6-12(15)18-25(22,23)14-9-10(16(20)21)7-8-13(14)24-3/h4-9,18H,1-3H3,(H,20,21). The number of sulfonamides is 1. The quantitative estimate of drug-likeness (QED) is 0.795. The monoisotopic (exact) mass is 384 g/mol. The predicted molar refractivity (Wildman–Crippen MR) is 96.5 cm³/mol. The summed E-state index contributed by atoms with van der Waals surface area (Å²) < 4.78 is 33.1. The van der Waals surface area contributed by atoms with Crippen LogP contribution in [-0.4, -0.2) is 40.7 Å². The third kappa shape index (κ3) is 3.97. The normalized spacial score (nSPS) is 11.0. The largest absolute Gasteiger partial charge is 0.495 e. The van der Waals surface area contributed by atoms with E-state index in [1.165, 1.54) is 19.2 Å². The fourth-order valence-corrected chi connectivity index (χ4v) is 3.88. The van der Waals surface area contributed by atoms with Crippen molar-refractivity contribution < 1.29 is 23.1 Å². The Kier molecular flexibility index (Phi) is 5.44. The number of ether oxygens (including phenoxy) is 1. The number of nitrogens with zero attached hydrogens (tertiary/aromatic N) is 1. The maximum absolute atomic E-state index is 12.8. The first-order chi connectivity index (χ1) is 11.7. The number of nitrogens with one attached hydrogen (secondary N) is 1. The van der Waals surface area contributed by atoms with E-state index in [1.807, 2.05) is 0 Å². The number of rotatable bonds is 6. The van der Waals surface area contributed by atoms with Crippen LogP contribution in [0.3, 0.4) is 0 Å². The highest BCUT2D eigenvalue weighted by atomic mass is 35.5. The van der Waals surface area contributed by atoms with Crippen LogP contribution in [0.25, 0.3) is 0 Å². The lowest BCUT2D eigenvalue weighted by molar-refractivity contribution is 0.0696. The minimum Gasteiger partial charge on any atom is -0.495 e. The van der Waals surface area contributed by atoms with E-state index in [1.54, 1.807) is 37.2 Å². The Balaban J connectivity index is 2.56. The van der Waals surface area contributed by atoms with Crippen LogP contribution in [-0.2, 0) is 10.0 Å². The van der Waals surface area contributed by atoms with Crippen molar-refractivity contribution in [3.8, 4) is 5.75 Å². The Morgan fingerprint density at radius 1 is 1.24 bits per heavy atom. The number of carbonyl (C=O) groups is 1. The average Bonchev–Trinajstić information content (AvgIpc) is 2.53. The molecule has 0 aliphatic rings. The van der Waals surface area contributed by atoms with E-state index >= 15 is 0 Å². The fourth-order valence-electron chi connectivity index (χ4n) is 2.27. The average molecular weight is 385 g/mol. The van der Waals surface area contributed by atoms with E-state index in [0.717, 1.165) is 6.07 Å². The van der Waals surface area contributed by atoms with Crippen molar-refractivity contribution in [1.82, 2.24) is 0 Å². The molecule has 0 aromatic heterocycles. The minimum absolute atomic E-state index is 0.0333. The molecule has 0 amide bonds. The first-order valence-corrected chi connectivity index (χ1v) is 8.93. The van der Waals surface area contributed by atoms with Gasteiger partial charge in [-0.1, -0.05) is 17.7 Å². The number of methoxy groups -OCH3 is 1. The number of aromatic carboxylic acids is 1. The zero-order chi connectivity index (χ0) is 18.8. The zero-order valence-corrected chi connectivity index (χ0v) is 15.4. The highest BCUT2D eigenvalue weighted by molar-refractivity contribution is 7.92. The highest BCUT2D eigenvalue weighted by Gasteiger charge is 2.23. The van der Waals surface area contributed by atoms with Crippen LogP contribution < -0.4 is 14.4 Å². The van der Waals surface area contributed by atoms with Crippen molar-refractivity contribution in [3.63, 3.8) is 0 Å². The van der Waals surface area contributed by atoms with Crippen LogP contribution >= 0.6 is 11.6 Å². The van der Waals surface area contributed by atoms with Crippen molar-refractivity contribution in [3.05, 3.63) is 47.0 Å². The molecule has 7 nitrogen and oxygen atoms in total. The Morgan fingerprint density at radius 3 is 2.48 bits per heavy atom. The van der Waals surface area contributed by atoms with Gasteiger partial charge in [-0.3, -0.25) is 4.72 Å². The Morgan fingerprint density at radius 2 is 1.92 bits per heavy atom. The lowest BCUT2D eigenvalue weighted by Crippen LogP contribution is -2.18. The number of benzene rings is 2. The van der Waals surface area contributed by atoms with Gasteiger partial charge in [0.15, 0.2) is 0 Å². The van der Waals surface area contributed by atoms with Gasteiger partial charge in [-0.2, -0.15) is 0 Å². The van der Waals surface area contributed by atoms with Gasteiger partial charge < -0.3 is 14.7 Å². The van der Waals surface area contributed by atoms with Crippen LogP contribution in [0.2, 0.25) is 5.02 Å². The molecule has 134 valence electrons. The molecular weight excluding hydrogens is 368 g/mol. The van der Waals surface area contributed by atoms with Gasteiger partial charge in [-0.15, -0.1) is 0 Å². The Hall–Kier alpha value is -2.45. The van der Waals surface area contributed by atoms with Crippen molar-refractivity contribution in [2.75, 3.05) is 30.8 Å². The first kappa shape index (κ1) is 18.9. The minimum atomic E-state index is -4.11. The lowest BCUT2D eigenvalue weighted by Gasteiger charge is -2.20. The van der Waals surface area contributed by atoms with Crippen molar-refractivity contribution >= 4 is 39.0 Å². The maximum atomic E-state index is 12.8. The summed E-state index contributed by atoms with van der Waals surface area (Å²) in [5.74, 6) is -1.21. The molecule has 0 saturated carbocycles. The van der Waals surface area contributed by atoms with E-state index in [0.29, 0.717) is 10.7 Å². The van der Waals surface area contributed by atoms with Crippen molar-refractivity contribution in [2.45, 2.75) is 4.90 Å². The van der Waals surface area contributed by atoms with Crippen molar-refractivity contribution in [2.24, 2.45) is 0 Å². The molecule has 0 radical (unpaired) electrons. The third-order valence-corrected chi connectivity index (χ3v) is 5.07. The molecule has 0 saturated heterocycles. The molecule has 0 bridgehead atoms. The number of halogens is 1. The summed E-state index contributed by atoms with van der Waals surface area (Å²) in [7, 11) is 0.650. The van der Waals surface area contributed by atoms with Gasteiger partial charge in [0.05, 0.1) is 29.1 Å². The van der Waals surface area contributed by atoms with E-state index in [2.05, 4.69) is 4.72 Å². The molecule has 0 aliphatic carbocycles. The third-order valence-electron chi connectivity index (χ3n) is 3.38. The van der Waals surface area contributed by atoms with Gasteiger partial charge in [0, 0.05) is 14.1 Å². The molecule has 0 heterocycles. The molecule has 0 unspecified atom stereocenters. The molecule has 2 rings (SSSR count). The predicted octanol–water partition coefficient (Wildman–Crippen LogP) is 2.91. The summed E-state index contributed by atoms with van der Waals surface area (Å²) in [6.45, 7) is 0. The van der Waals surface area contributed by atoms with Gasteiger partial charge >= 0.3 is 5.97 Å². The topological polar surface area (TPSA) is 95.9 Å². The molecule has 2 N–H and O–H groups in total. The molecular formula is C16H17ClN2O5S. The second kappa shape index (κ2) is 7.20. The Bertz CT molecular complexity index is 913. The van der Waals surface area contributed by atoms with E-state index < -0.39 is 16.0 Å². The van der Waals surface area contributed by atoms with Crippen LogP contribution in [0.5, 0.6) is 5.75 Å². The number of para-hydroxylation sites is 1. The number of carboxylic acids is 1. The van der Waals surface area contributed by atoms with Crippen LogP contribution in [0, 0.1) is 0 Å². The summed E-state index contributed by atoms with van der Waals surface area (Å²) in [5.41, 5.74) is 0.585. The Labute approximate surface area is 150 Å². The summed E-state index contributed by atoms with van der Waals surface area (Å²) in [4.78, 5) is 12.5. The second-order valence-electron chi connectivity index (χ2n) is 5.31. The molecule has 2 aromatic carbocycles. The van der Waals surface area contributed by atoms with E-state index in [9.17, 15) is 13.2 Å². The molecule has 25 heavy (non-hydrogen) atoms. The second-order valence-corrected chi connectivity index (χ2v) is 7.36. The molecule has 0 spiro atoms. The van der Waals surface area contributed by atoms with Crippen molar-refractivity contribution in [1.29, 1.82) is 0 Å². The zero-order valence-electron chi connectivity index (χ0n) is 13.8. The maximum Gasteiger partial charge on any atom is 0.335 e. The molecule has 9 heteroatoms. The van der Waals surface area contributed by atoms with Crippen LogP contribution in [0.15, 0.2) is 41.3 Å². The number of hydrogen-bond donors (Lipinski definition) is 2. The molecule has 2 aromatic rings. The number of carboxylic acid groups (broad SMARTS) is 1. The lowest BCUT2D eigenvalue weighted by atomic mass is 10.2. The fraction of sp³-hybridized carbons (Fsp3) is 0.188. The van der Waals surface area contributed by atoms with Crippen LogP contribution in [0.1, 0.15) is 10.4 Å². The summed E-state index contributed by atoms with van der Waals surface area (Å²) in [6, 6.07) is 8.42. The summed E-state index contributed by atoms with van der Waals surface area (Å²) in [5, 5.41) is 9.47. The van der Waals surface area contributed by atoms with Gasteiger partial charge in [0.1, 0.15) is 10.6 Å². The molecule has 0 atom stereocenters. The molecule has 0 fully saturated rings. The molecule has 0 aliphatic heterocycles. The number of hydrogen-bond acceptors (Lipinski definition) is 5. The SMILES string of the molecule is COc1ccc(C(=O)O)cc1S(=O)(=O)Nc1cccc(Cl)c1N(C)C. The van der Waals surface area contributed by atoms with Gasteiger partial charge in [0.2, 0.25) is 0 Å². The first-order valence-electron chi connectivity index (χ1n) is 7.07. The summed E-state index contributed by atoms with van der Waals surface area (Å²) >= 11 is 6.15. The van der Waals surface area contributed by atoms with E-state index in [4.69, 9.17) is 21.4 Å².